The smallest absolute Gasteiger partial charge is 0.320 e. The highest BCUT2D eigenvalue weighted by Gasteiger charge is 2.07. The maximum absolute atomic E-state index is 10.9. The summed E-state index contributed by atoms with van der Waals surface area (Å²) in [6.45, 7) is -0.0112. The average molecular weight is 225 g/mol. The van der Waals surface area contributed by atoms with Crippen LogP contribution in [0.3, 0.4) is 0 Å². The molecular weight excluding hydrogens is 210 g/mol. The summed E-state index contributed by atoms with van der Waals surface area (Å²) in [5, 5.41) is 0. The van der Waals surface area contributed by atoms with Crippen LogP contribution in [0.15, 0.2) is 18.2 Å². The molecule has 0 radical (unpaired) electrons. The maximum Gasteiger partial charge on any atom is 0.320 e. The Bertz CT molecular complexity index is 365. The van der Waals surface area contributed by atoms with Gasteiger partial charge in [0.15, 0.2) is 0 Å². The molecule has 88 valence electrons. The summed E-state index contributed by atoms with van der Waals surface area (Å²) < 4.78 is 15.1. The SMILES string of the molecule is COc1ccc(OC)c(COC(=O)CN)c1. The van der Waals surface area contributed by atoms with E-state index in [1.165, 1.54) is 0 Å². The molecule has 0 fully saturated rings. The number of carbonyl (C=O) groups excluding carboxylic acids is 1. The predicted octanol–water partition coefficient (Wildman–Crippen LogP) is 0.706. The number of hydrogen-bond acceptors (Lipinski definition) is 5. The normalized spacial score (nSPS) is 9.69. The highest BCUT2D eigenvalue weighted by molar-refractivity contribution is 5.71. The van der Waals surface area contributed by atoms with E-state index in [1.807, 2.05) is 0 Å². The molecule has 5 nitrogen and oxygen atoms in total. The lowest BCUT2D eigenvalue weighted by Gasteiger charge is -2.10. The van der Waals surface area contributed by atoms with Crippen molar-refractivity contribution in [1.82, 2.24) is 0 Å². The average Bonchev–Trinajstić information content (AvgIpc) is 2.35. The van der Waals surface area contributed by atoms with E-state index >= 15 is 0 Å². The van der Waals surface area contributed by atoms with Crippen molar-refractivity contribution in [1.29, 1.82) is 0 Å². The molecule has 1 aromatic rings. The zero-order valence-corrected chi connectivity index (χ0v) is 9.36. The number of ether oxygens (including phenoxy) is 3. The highest BCUT2D eigenvalue weighted by Crippen LogP contribution is 2.24. The Labute approximate surface area is 94.1 Å². The largest absolute Gasteiger partial charge is 0.497 e. The lowest BCUT2D eigenvalue weighted by atomic mass is 10.2. The third-order valence-electron chi connectivity index (χ3n) is 2.04. The number of carbonyl (C=O) groups is 1. The van der Waals surface area contributed by atoms with Crippen molar-refractivity contribution in [2.45, 2.75) is 6.61 Å². The number of rotatable bonds is 5. The quantitative estimate of drug-likeness (QED) is 0.747. The summed E-state index contributed by atoms with van der Waals surface area (Å²) in [5.74, 6) is 0.870. The summed E-state index contributed by atoms with van der Waals surface area (Å²) in [4.78, 5) is 10.9. The minimum absolute atomic E-state index is 0.121. The van der Waals surface area contributed by atoms with Gasteiger partial charge in [0.05, 0.1) is 20.8 Å². The Hall–Kier alpha value is -1.75. The summed E-state index contributed by atoms with van der Waals surface area (Å²) in [6, 6.07) is 5.28. The lowest BCUT2D eigenvalue weighted by molar-refractivity contribution is -0.143. The molecule has 0 aromatic heterocycles. The summed E-state index contributed by atoms with van der Waals surface area (Å²) in [6.07, 6.45) is 0. The Morgan fingerprint density at radius 1 is 1.31 bits per heavy atom. The topological polar surface area (TPSA) is 70.8 Å². The van der Waals surface area contributed by atoms with E-state index in [0.717, 1.165) is 5.56 Å². The van der Waals surface area contributed by atoms with Gasteiger partial charge in [-0.15, -0.1) is 0 Å². The Kier molecular flexibility index (Phi) is 4.60. The van der Waals surface area contributed by atoms with Crippen LogP contribution < -0.4 is 15.2 Å². The van der Waals surface area contributed by atoms with Crippen molar-refractivity contribution in [3.8, 4) is 11.5 Å². The van der Waals surface area contributed by atoms with E-state index in [4.69, 9.17) is 19.9 Å². The van der Waals surface area contributed by atoms with Crippen molar-refractivity contribution >= 4 is 5.97 Å². The zero-order valence-electron chi connectivity index (χ0n) is 9.36. The van der Waals surface area contributed by atoms with Crippen molar-refractivity contribution in [2.75, 3.05) is 20.8 Å². The van der Waals surface area contributed by atoms with Gasteiger partial charge in [-0.05, 0) is 18.2 Å². The van der Waals surface area contributed by atoms with Crippen LogP contribution in [0.5, 0.6) is 11.5 Å². The van der Waals surface area contributed by atoms with Crippen molar-refractivity contribution in [2.24, 2.45) is 5.73 Å². The number of esters is 1. The van der Waals surface area contributed by atoms with Crippen LogP contribution in [0.4, 0.5) is 0 Å². The van der Waals surface area contributed by atoms with Crippen LogP contribution in [-0.2, 0) is 16.1 Å². The summed E-state index contributed by atoms with van der Waals surface area (Å²) >= 11 is 0. The molecule has 0 aliphatic carbocycles. The molecule has 0 aliphatic heterocycles. The first-order chi connectivity index (χ1) is 7.71. The van der Waals surface area contributed by atoms with Gasteiger partial charge in [-0.1, -0.05) is 0 Å². The third-order valence-corrected chi connectivity index (χ3v) is 2.04. The highest BCUT2D eigenvalue weighted by atomic mass is 16.5. The molecule has 0 bridgehead atoms. The molecule has 5 heteroatoms. The fourth-order valence-electron chi connectivity index (χ4n) is 1.21. The van der Waals surface area contributed by atoms with Crippen molar-refractivity contribution in [3.05, 3.63) is 23.8 Å². The summed E-state index contributed by atoms with van der Waals surface area (Å²) in [7, 11) is 3.12. The fourth-order valence-corrected chi connectivity index (χ4v) is 1.21. The van der Waals surface area contributed by atoms with Gasteiger partial charge in [0, 0.05) is 5.56 Å². The molecule has 0 saturated carbocycles. The van der Waals surface area contributed by atoms with E-state index in [9.17, 15) is 4.79 Å². The monoisotopic (exact) mass is 225 g/mol. The molecule has 1 rings (SSSR count). The second kappa shape index (κ2) is 5.97. The van der Waals surface area contributed by atoms with Gasteiger partial charge in [-0.25, -0.2) is 0 Å². The number of hydrogen-bond donors (Lipinski definition) is 1. The van der Waals surface area contributed by atoms with E-state index in [2.05, 4.69) is 0 Å². The summed E-state index contributed by atoms with van der Waals surface area (Å²) in [5.41, 5.74) is 5.87. The van der Waals surface area contributed by atoms with Crippen LogP contribution >= 0.6 is 0 Å². The molecule has 2 N–H and O–H groups in total. The first-order valence-corrected chi connectivity index (χ1v) is 4.78. The van der Waals surface area contributed by atoms with E-state index in [1.54, 1.807) is 32.4 Å². The molecule has 0 aliphatic rings. The predicted molar refractivity (Wildman–Crippen MR) is 58.4 cm³/mol. The van der Waals surface area contributed by atoms with Gasteiger partial charge >= 0.3 is 5.97 Å². The molecule has 16 heavy (non-hydrogen) atoms. The standard InChI is InChI=1S/C11H15NO4/c1-14-9-3-4-10(15-2)8(5-9)7-16-11(13)6-12/h3-5H,6-7,12H2,1-2H3. The van der Waals surface area contributed by atoms with E-state index < -0.39 is 5.97 Å². The Balaban J connectivity index is 2.78. The molecule has 1 aromatic carbocycles. The minimum Gasteiger partial charge on any atom is -0.497 e. The van der Waals surface area contributed by atoms with Crippen LogP contribution in [0.2, 0.25) is 0 Å². The molecular formula is C11H15NO4. The molecule has 0 unspecified atom stereocenters. The van der Waals surface area contributed by atoms with Crippen LogP contribution in [0, 0.1) is 0 Å². The Morgan fingerprint density at radius 3 is 2.62 bits per heavy atom. The Morgan fingerprint density at radius 2 is 2.06 bits per heavy atom. The van der Waals surface area contributed by atoms with E-state index in [-0.39, 0.29) is 13.2 Å². The van der Waals surface area contributed by atoms with Crippen molar-refractivity contribution in [3.63, 3.8) is 0 Å². The van der Waals surface area contributed by atoms with Gasteiger partial charge in [0.25, 0.3) is 0 Å². The lowest BCUT2D eigenvalue weighted by Crippen LogP contribution is -2.16. The van der Waals surface area contributed by atoms with Crippen molar-refractivity contribution < 1.29 is 19.0 Å². The molecule has 0 spiro atoms. The third kappa shape index (κ3) is 3.13. The number of methoxy groups -OCH3 is 2. The van der Waals surface area contributed by atoms with Gasteiger partial charge < -0.3 is 19.9 Å². The minimum atomic E-state index is -0.454. The molecule has 0 atom stereocenters. The van der Waals surface area contributed by atoms with Gasteiger partial charge in [0.1, 0.15) is 18.1 Å². The molecule has 0 saturated heterocycles. The zero-order chi connectivity index (χ0) is 12.0. The van der Waals surface area contributed by atoms with Gasteiger partial charge in [-0.3, -0.25) is 4.79 Å². The number of benzene rings is 1. The van der Waals surface area contributed by atoms with Crippen LogP contribution in [0.25, 0.3) is 0 Å². The number of nitrogens with two attached hydrogens (primary N) is 1. The van der Waals surface area contributed by atoms with Crippen LogP contribution in [0.1, 0.15) is 5.56 Å². The van der Waals surface area contributed by atoms with Crippen LogP contribution in [-0.4, -0.2) is 26.7 Å². The first-order valence-electron chi connectivity index (χ1n) is 4.78. The van der Waals surface area contributed by atoms with Gasteiger partial charge in [-0.2, -0.15) is 0 Å². The van der Waals surface area contributed by atoms with E-state index in [0.29, 0.717) is 11.5 Å². The second-order valence-electron chi connectivity index (χ2n) is 3.04. The first kappa shape index (κ1) is 12.3. The fraction of sp³-hybridized carbons (Fsp3) is 0.364. The maximum atomic E-state index is 10.9. The van der Waals surface area contributed by atoms with Gasteiger partial charge in [0.2, 0.25) is 0 Å². The molecule has 0 amide bonds. The molecule has 0 heterocycles. The second-order valence-corrected chi connectivity index (χ2v) is 3.04.